The van der Waals surface area contributed by atoms with Gasteiger partial charge < -0.3 is 14.6 Å². The minimum absolute atomic E-state index is 0.496. The summed E-state index contributed by atoms with van der Waals surface area (Å²) >= 11 is 3.39. The van der Waals surface area contributed by atoms with Crippen LogP contribution in [-0.4, -0.2) is 24.9 Å². The summed E-state index contributed by atoms with van der Waals surface area (Å²) in [5.74, 6) is 0.703. The highest BCUT2D eigenvalue weighted by Gasteiger charge is 2.09. The summed E-state index contributed by atoms with van der Waals surface area (Å²) < 4.78 is 11.9. The molecule has 0 aliphatic rings. The minimum Gasteiger partial charge on any atom is -0.491 e. The highest BCUT2D eigenvalue weighted by atomic mass is 79.9. The highest BCUT2D eigenvalue weighted by molar-refractivity contribution is 9.10. The molecule has 0 heterocycles. The molecular weight excluding hydrogens is 284 g/mol. The van der Waals surface area contributed by atoms with Crippen molar-refractivity contribution in [2.24, 2.45) is 0 Å². The molecule has 0 bridgehead atoms. The molecule has 1 rings (SSSR count). The molecule has 0 saturated heterocycles. The molecule has 0 spiro atoms. The second-order valence-electron chi connectivity index (χ2n) is 3.82. The third-order valence-electron chi connectivity index (χ3n) is 2.26. The summed E-state index contributed by atoms with van der Waals surface area (Å²) in [5.41, 5.74) is 0.795. The van der Waals surface area contributed by atoms with Crippen molar-refractivity contribution >= 4 is 15.9 Å². The van der Waals surface area contributed by atoms with Crippen molar-refractivity contribution < 1.29 is 14.6 Å². The molecule has 0 unspecified atom stereocenters. The summed E-state index contributed by atoms with van der Waals surface area (Å²) in [6.07, 6.45) is 0.477. The van der Waals surface area contributed by atoms with E-state index >= 15 is 0 Å². The van der Waals surface area contributed by atoms with E-state index in [0.29, 0.717) is 19.0 Å². The van der Waals surface area contributed by atoms with E-state index in [9.17, 15) is 5.11 Å². The number of aliphatic hydroxyl groups is 1. The van der Waals surface area contributed by atoms with Crippen molar-refractivity contribution in [3.05, 3.63) is 28.2 Å². The van der Waals surface area contributed by atoms with Crippen LogP contribution in [0.5, 0.6) is 5.75 Å². The quantitative estimate of drug-likeness (QED) is 0.785. The molecule has 1 atom stereocenters. The van der Waals surface area contributed by atoms with Crippen molar-refractivity contribution in [1.29, 1.82) is 0 Å². The maximum Gasteiger partial charge on any atom is 0.126 e. The Morgan fingerprint density at radius 3 is 2.71 bits per heavy atom. The third kappa shape index (κ3) is 5.06. The van der Waals surface area contributed by atoms with Crippen LogP contribution >= 0.6 is 15.9 Å². The zero-order chi connectivity index (χ0) is 12.7. The fourth-order valence-electron chi connectivity index (χ4n) is 1.44. The van der Waals surface area contributed by atoms with E-state index in [1.807, 2.05) is 18.2 Å². The number of benzene rings is 1. The molecule has 0 aliphatic heterocycles. The largest absolute Gasteiger partial charge is 0.491 e. The van der Waals surface area contributed by atoms with Gasteiger partial charge in [-0.1, -0.05) is 28.9 Å². The van der Waals surface area contributed by atoms with E-state index in [-0.39, 0.29) is 0 Å². The third-order valence-corrected chi connectivity index (χ3v) is 2.75. The van der Waals surface area contributed by atoms with Gasteiger partial charge in [-0.05, 0) is 25.5 Å². The van der Waals surface area contributed by atoms with E-state index in [1.54, 1.807) is 6.92 Å². The number of ether oxygens (including phenoxy) is 2. The first-order valence-electron chi connectivity index (χ1n) is 5.83. The van der Waals surface area contributed by atoms with Gasteiger partial charge in [0, 0.05) is 16.6 Å². The summed E-state index contributed by atoms with van der Waals surface area (Å²) in [6, 6.07) is 5.61. The molecule has 0 fully saturated rings. The van der Waals surface area contributed by atoms with E-state index < -0.39 is 6.10 Å². The maximum atomic E-state index is 9.61. The summed E-state index contributed by atoms with van der Waals surface area (Å²) in [7, 11) is 0. The minimum atomic E-state index is -0.533. The number of rotatable bonds is 7. The van der Waals surface area contributed by atoms with E-state index in [2.05, 4.69) is 22.9 Å². The molecule has 4 heteroatoms. The first-order valence-corrected chi connectivity index (χ1v) is 6.62. The van der Waals surface area contributed by atoms with Gasteiger partial charge in [0.15, 0.2) is 0 Å². The van der Waals surface area contributed by atoms with Crippen molar-refractivity contribution in [2.75, 3.05) is 19.8 Å². The van der Waals surface area contributed by atoms with Gasteiger partial charge in [-0.25, -0.2) is 0 Å². The summed E-state index contributed by atoms with van der Waals surface area (Å²) in [4.78, 5) is 0. The van der Waals surface area contributed by atoms with Gasteiger partial charge in [0.1, 0.15) is 12.4 Å². The van der Waals surface area contributed by atoms with Crippen LogP contribution in [0, 0.1) is 0 Å². The van der Waals surface area contributed by atoms with Crippen molar-refractivity contribution in [3.63, 3.8) is 0 Å². The molecule has 1 aromatic rings. The lowest BCUT2D eigenvalue weighted by molar-refractivity contribution is 0.0986. The molecule has 1 aromatic carbocycles. The second kappa shape index (κ2) is 7.69. The number of aliphatic hydroxyl groups excluding tert-OH is 1. The van der Waals surface area contributed by atoms with E-state index in [0.717, 1.165) is 23.1 Å². The van der Waals surface area contributed by atoms with Crippen LogP contribution in [-0.2, 0) is 4.74 Å². The topological polar surface area (TPSA) is 38.7 Å². The molecule has 17 heavy (non-hydrogen) atoms. The highest BCUT2D eigenvalue weighted by Crippen LogP contribution is 2.28. The first kappa shape index (κ1) is 14.5. The summed E-state index contributed by atoms with van der Waals surface area (Å²) in [6.45, 7) is 5.62. The Bertz CT molecular complexity index is 339. The molecule has 96 valence electrons. The zero-order valence-corrected chi connectivity index (χ0v) is 11.9. The van der Waals surface area contributed by atoms with Gasteiger partial charge in [0.25, 0.3) is 0 Å². The Morgan fingerprint density at radius 1 is 1.29 bits per heavy atom. The molecule has 0 radical (unpaired) electrons. The molecule has 1 N–H and O–H groups in total. The normalized spacial score (nSPS) is 12.5. The SMILES string of the molecule is CCCOCCOc1cc(Br)ccc1[C@H](C)O. The van der Waals surface area contributed by atoms with Crippen molar-refractivity contribution in [2.45, 2.75) is 26.4 Å². The van der Waals surface area contributed by atoms with Gasteiger partial charge in [-0.15, -0.1) is 0 Å². The Hall–Kier alpha value is -0.580. The van der Waals surface area contributed by atoms with Crippen LogP contribution in [0.2, 0.25) is 0 Å². The maximum absolute atomic E-state index is 9.61. The van der Waals surface area contributed by atoms with Crippen LogP contribution in [0.15, 0.2) is 22.7 Å². The summed E-state index contributed by atoms with van der Waals surface area (Å²) in [5, 5.41) is 9.61. The van der Waals surface area contributed by atoms with Crippen LogP contribution in [0.3, 0.4) is 0 Å². The molecule has 0 aliphatic carbocycles. The van der Waals surface area contributed by atoms with Crippen LogP contribution in [0.25, 0.3) is 0 Å². The molecule has 0 aromatic heterocycles. The fourth-order valence-corrected chi connectivity index (χ4v) is 1.78. The van der Waals surface area contributed by atoms with E-state index in [1.165, 1.54) is 0 Å². The van der Waals surface area contributed by atoms with Crippen molar-refractivity contribution in [3.8, 4) is 5.75 Å². The molecule has 0 amide bonds. The zero-order valence-electron chi connectivity index (χ0n) is 10.3. The number of halogens is 1. The lowest BCUT2D eigenvalue weighted by Gasteiger charge is -2.13. The van der Waals surface area contributed by atoms with E-state index in [4.69, 9.17) is 9.47 Å². The van der Waals surface area contributed by atoms with Crippen LogP contribution in [0.1, 0.15) is 31.9 Å². The second-order valence-corrected chi connectivity index (χ2v) is 4.73. The standard InChI is InChI=1S/C13H19BrO3/c1-3-6-16-7-8-17-13-9-11(14)4-5-12(13)10(2)15/h4-5,9-10,15H,3,6-8H2,1-2H3/t10-/m0/s1. The fraction of sp³-hybridized carbons (Fsp3) is 0.538. The predicted octanol–water partition coefficient (Wildman–Crippen LogP) is 3.31. The van der Waals surface area contributed by atoms with Crippen molar-refractivity contribution in [1.82, 2.24) is 0 Å². The Kier molecular flexibility index (Phi) is 6.55. The molecule has 3 nitrogen and oxygen atoms in total. The average Bonchev–Trinajstić information content (AvgIpc) is 2.28. The molecular formula is C13H19BrO3. The Balaban J connectivity index is 2.53. The Labute approximate surface area is 111 Å². The van der Waals surface area contributed by atoms with Gasteiger partial charge in [-0.3, -0.25) is 0 Å². The van der Waals surface area contributed by atoms with Gasteiger partial charge in [0.05, 0.1) is 12.7 Å². The lowest BCUT2D eigenvalue weighted by atomic mass is 10.1. The Morgan fingerprint density at radius 2 is 2.06 bits per heavy atom. The average molecular weight is 303 g/mol. The lowest BCUT2D eigenvalue weighted by Crippen LogP contribution is -2.09. The monoisotopic (exact) mass is 302 g/mol. The van der Waals surface area contributed by atoms with Crippen LogP contribution in [0.4, 0.5) is 0 Å². The number of hydrogen-bond donors (Lipinski definition) is 1. The molecule has 0 saturated carbocycles. The van der Waals surface area contributed by atoms with Gasteiger partial charge in [-0.2, -0.15) is 0 Å². The predicted molar refractivity (Wildman–Crippen MR) is 71.4 cm³/mol. The van der Waals surface area contributed by atoms with Gasteiger partial charge in [0.2, 0.25) is 0 Å². The number of hydrogen-bond acceptors (Lipinski definition) is 3. The van der Waals surface area contributed by atoms with Gasteiger partial charge >= 0.3 is 0 Å². The first-order chi connectivity index (χ1) is 8.15. The van der Waals surface area contributed by atoms with Crippen LogP contribution < -0.4 is 4.74 Å². The smallest absolute Gasteiger partial charge is 0.126 e.